The highest BCUT2D eigenvalue weighted by Gasteiger charge is 2.41. The summed E-state index contributed by atoms with van der Waals surface area (Å²) in [5.74, 6) is -0.652. The van der Waals surface area contributed by atoms with E-state index in [9.17, 15) is 14.7 Å². The Labute approximate surface area is 89.6 Å². The van der Waals surface area contributed by atoms with Crippen molar-refractivity contribution in [1.82, 2.24) is 4.90 Å². The molecule has 1 amide bonds. The predicted octanol–water partition coefficient (Wildman–Crippen LogP) is 1.27. The van der Waals surface area contributed by atoms with E-state index in [1.165, 1.54) is 11.8 Å². The Morgan fingerprint density at radius 2 is 2.13 bits per heavy atom. The van der Waals surface area contributed by atoms with Gasteiger partial charge in [0, 0.05) is 7.05 Å². The van der Waals surface area contributed by atoms with Gasteiger partial charge in [-0.2, -0.15) is 0 Å². The Morgan fingerprint density at radius 3 is 2.47 bits per heavy atom. The van der Waals surface area contributed by atoms with Crippen LogP contribution in [0.4, 0.5) is 0 Å². The van der Waals surface area contributed by atoms with E-state index < -0.39 is 0 Å². The summed E-state index contributed by atoms with van der Waals surface area (Å²) in [5.41, 5.74) is -0.0530. The molecule has 0 aliphatic carbocycles. The number of hydrogen-bond donors (Lipinski definition) is 1. The van der Waals surface area contributed by atoms with Crippen molar-refractivity contribution in [3.05, 3.63) is 11.3 Å². The van der Waals surface area contributed by atoms with Crippen LogP contribution >= 0.6 is 0 Å². The highest BCUT2D eigenvalue weighted by molar-refractivity contribution is 6.20. The second-order valence-electron chi connectivity index (χ2n) is 4.06. The molecule has 2 atom stereocenters. The average molecular weight is 211 g/mol. The molecule has 0 unspecified atom stereocenters. The van der Waals surface area contributed by atoms with E-state index in [1.807, 2.05) is 13.8 Å². The molecule has 0 aromatic heterocycles. The van der Waals surface area contributed by atoms with Gasteiger partial charge in [-0.15, -0.1) is 0 Å². The summed E-state index contributed by atoms with van der Waals surface area (Å²) < 4.78 is 0. The van der Waals surface area contributed by atoms with Gasteiger partial charge < -0.3 is 10.0 Å². The lowest BCUT2D eigenvalue weighted by Crippen LogP contribution is -2.36. The zero-order valence-corrected chi connectivity index (χ0v) is 9.57. The van der Waals surface area contributed by atoms with Crippen molar-refractivity contribution in [2.45, 2.75) is 33.2 Å². The normalized spacial score (nSPS) is 23.6. The van der Waals surface area contributed by atoms with Crippen molar-refractivity contribution >= 4 is 11.7 Å². The number of aliphatic hydroxyl groups is 1. The number of carbonyl (C=O) groups excluding carboxylic acids is 2. The topological polar surface area (TPSA) is 57.6 Å². The number of ketones is 1. The van der Waals surface area contributed by atoms with Crippen LogP contribution in [-0.4, -0.2) is 34.8 Å². The smallest absolute Gasteiger partial charge is 0.261 e. The number of nitrogens with zero attached hydrogens (tertiary/aromatic N) is 1. The maximum Gasteiger partial charge on any atom is 0.261 e. The molecule has 0 radical (unpaired) electrons. The molecular formula is C11H17NO3. The van der Waals surface area contributed by atoms with Crippen LogP contribution in [0.1, 0.15) is 27.2 Å². The summed E-state index contributed by atoms with van der Waals surface area (Å²) in [6, 6.07) is -0.346. The molecule has 84 valence electrons. The van der Waals surface area contributed by atoms with Gasteiger partial charge in [-0.25, -0.2) is 0 Å². The molecule has 15 heavy (non-hydrogen) atoms. The molecule has 0 aromatic carbocycles. The maximum absolute atomic E-state index is 11.7. The van der Waals surface area contributed by atoms with Gasteiger partial charge in [0.25, 0.3) is 5.91 Å². The van der Waals surface area contributed by atoms with Crippen molar-refractivity contribution < 1.29 is 14.7 Å². The van der Waals surface area contributed by atoms with E-state index in [-0.39, 0.29) is 35.0 Å². The molecule has 1 N–H and O–H groups in total. The highest BCUT2D eigenvalue weighted by atomic mass is 16.3. The second kappa shape index (κ2) is 4.04. The SMILES string of the molecule is CC[C@@H](C)[C@H]1C(O)=C(C(C)=O)C(=O)N1C. The summed E-state index contributed by atoms with van der Waals surface area (Å²) in [6.45, 7) is 5.24. The van der Waals surface area contributed by atoms with Gasteiger partial charge in [-0.05, 0) is 12.8 Å². The van der Waals surface area contributed by atoms with E-state index in [0.717, 1.165) is 6.42 Å². The van der Waals surface area contributed by atoms with E-state index in [4.69, 9.17) is 0 Å². The first-order valence-corrected chi connectivity index (χ1v) is 5.13. The summed E-state index contributed by atoms with van der Waals surface area (Å²) in [4.78, 5) is 24.3. The molecule has 4 nitrogen and oxygen atoms in total. The molecule has 0 fully saturated rings. The lowest BCUT2D eigenvalue weighted by atomic mass is 9.97. The molecule has 1 aliphatic rings. The molecule has 0 saturated heterocycles. The second-order valence-corrected chi connectivity index (χ2v) is 4.06. The van der Waals surface area contributed by atoms with Gasteiger partial charge in [0.15, 0.2) is 5.78 Å². The van der Waals surface area contributed by atoms with Crippen molar-refractivity contribution in [3.8, 4) is 0 Å². The van der Waals surface area contributed by atoms with Crippen molar-refractivity contribution in [1.29, 1.82) is 0 Å². The van der Waals surface area contributed by atoms with E-state index in [0.29, 0.717) is 0 Å². The van der Waals surface area contributed by atoms with Crippen LogP contribution in [0.2, 0.25) is 0 Å². The fourth-order valence-corrected chi connectivity index (χ4v) is 1.95. The van der Waals surface area contributed by atoms with Crippen LogP contribution in [0.15, 0.2) is 11.3 Å². The molecule has 1 heterocycles. The van der Waals surface area contributed by atoms with E-state index in [2.05, 4.69) is 0 Å². The molecule has 0 saturated carbocycles. The largest absolute Gasteiger partial charge is 0.509 e. The summed E-state index contributed by atoms with van der Waals surface area (Å²) in [6.07, 6.45) is 0.845. The number of carbonyl (C=O) groups is 2. The summed E-state index contributed by atoms with van der Waals surface area (Å²) in [5, 5.41) is 9.86. The zero-order chi connectivity index (χ0) is 11.7. The third-order valence-corrected chi connectivity index (χ3v) is 3.02. The lowest BCUT2D eigenvalue weighted by molar-refractivity contribution is -0.128. The van der Waals surface area contributed by atoms with Gasteiger partial charge in [0.1, 0.15) is 11.3 Å². The van der Waals surface area contributed by atoms with Crippen molar-refractivity contribution in [3.63, 3.8) is 0 Å². The molecule has 0 spiro atoms. The lowest BCUT2D eigenvalue weighted by Gasteiger charge is -2.25. The average Bonchev–Trinajstić information content (AvgIpc) is 2.37. The third-order valence-electron chi connectivity index (χ3n) is 3.02. The quantitative estimate of drug-likeness (QED) is 0.715. The number of amides is 1. The van der Waals surface area contributed by atoms with Gasteiger partial charge in [-0.1, -0.05) is 20.3 Å². The van der Waals surface area contributed by atoms with E-state index in [1.54, 1.807) is 7.05 Å². The Hall–Kier alpha value is -1.32. The van der Waals surface area contributed by atoms with Crippen LogP contribution in [0.5, 0.6) is 0 Å². The van der Waals surface area contributed by atoms with Gasteiger partial charge >= 0.3 is 0 Å². The zero-order valence-electron chi connectivity index (χ0n) is 9.57. The molecule has 0 bridgehead atoms. The maximum atomic E-state index is 11.7. The molecule has 1 rings (SSSR count). The summed E-state index contributed by atoms with van der Waals surface area (Å²) >= 11 is 0. The summed E-state index contributed by atoms with van der Waals surface area (Å²) in [7, 11) is 1.62. The van der Waals surface area contributed by atoms with Crippen LogP contribution in [0, 0.1) is 5.92 Å². The number of aliphatic hydroxyl groups excluding tert-OH is 1. The predicted molar refractivity (Wildman–Crippen MR) is 56.3 cm³/mol. The third kappa shape index (κ3) is 1.76. The monoisotopic (exact) mass is 211 g/mol. The van der Waals surface area contributed by atoms with Crippen molar-refractivity contribution in [2.75, 3.05) is 7.05 Å². The first-order chi connectivity index (χ1) is 6.91. The Balaban J connectivity index is 3.12. The Morgan fingerprint density at radius 1 is 1.60 bits per heavy atom. The standard InChI is InChI=1S/C11H17NO3/c1-5-6(2)9-10(14)8(7(3)13)11(15)12(9)4/h6,9,14H,5H2,1-4H3/t6-,9+/m1/s1. The molecule has 4 heteroatoms. The van der Waals surface area contributed by atoms with Crippen LogP contribution < -0.4 is 0 Å². The Bertz CT molecular complexity index is 333. The van der Waals surface area contributed by atoms with Crippen molar-refractivity contribution in [2.24, 2.45) is 5.92 Å². The molecule has 1 aliphatic heterocycles. The van der Waals surface area contributed by atoms with Gasteiger partial charge in [-0.3, -0.25) is 9.59 Å². The number of hydrogen-bond acceptors (Lipinski definition) is 3. The molecule has 0 aromatic rings. The minimum absolute atomic E-state index is 0.0530. The first-order valence-electron chi connectivity index (χ1n) is 5.13. The van der Waals surface area contributed by atoms with Crippen LogP contribution in [0.3, 0.4) is 0 Å². The number of likely N-dealkylation sites (N-methyl/N-ethyl adjacent to an activating group) is 1. The van der Waals surface area contributed by atoms with Crippen LogP contribution in [0.25, 0.3) is 0 Å². The Kier molecular flexibility index (Phi) is 3.17. The van der Waals surface area contributed by atoms with E-state index >= 15 is 0 Å². The fourth-order valence-electron chi connectivity index (χ4n) is 1.95. The number of Topliss-reactive ketones (excluding diaryl/α,β-unsaturated/α-hetero) is 1. The minimum atomic E-state index is -0.370. The van der Waals surface area contributed by atoms with Crippen LogP contribution in [-0.2, 0) is 9.59 Å². The highest BCUT2D eigenvalue weighted by Crippen LogP contribution is 2.29. The number of rotatable bonds is 3. The van der Waals surface area contributed by atoms with Gasteiger partial charge in [0.05, 0.1) is 6.04 Å². The van der Waals surface area contributed by atoms with Gasteiger partial charge in [0.2, 0.25) is 0 Å². The minimum Gasteiger partial charge on any atom is -0.509 e. The fraction of sp³-hybridized carbons (Fsp3) is 0.636. The first kappa shape index (κ1) is 11.8. The molecular weight excluding hydrogens is 194 g/mol.